The van der Waals surface area contributed by atoms with Crippen LogP contribution in [0.2, 0.25) is 0 Å². The normalized spacial score (nSPS) is 29.9. The van der Waals surface area contributed by atoms with Gasteiger partial charge in [0, 0.05) is 11.6 Å². The van der Waals surface area contributed by atoms with E-state index < -0.39 is 5.97 Å². The summed E-state index contributed by atoms with van der Waals surface area (Å²) in [6.07, 6.45) is 5.52. The number of hydrogen-bond acceptors (Lipinski definition) is 3. The van der Waals surface area contributed by atoms with Gasteiger partial charge in [-0.1, -0.05) is 20.3 Å². The molecule has 2 fully saturated rings. The Hall–Kier alpha value is -1.03. The molecule has 2 rings (SSSR count). The summed E-state index contributed by atoms with van der Waals surface area (Å²) in [6, 6.07) is 0. The molecule has 0 radical (unpaired) electrons. The number of hydroxylamine groups is 1. The van der Waals surface area contributed by atoms with Crippen LogP contribution in [0, 0.1) is 17.3 Å². The molecule has 2 aliphatic carbocycles. The van der Waals surface area contributed by atoms with E-state index in [0.717, 1.165) is 12.2 Å². The Morgan fingerprint density at radius 1 is 1.62 bits per heavy atom. The van der Waals surface area contributed by atoms with Crippen LogP contribution in [0.3, 0.4) is 0 Å². The lowest BCUT2D eigenvalue weighted by molar-refractivity contribution is -0.139. The van der Waals surface area contributed by atoms with Crippen molar-refractivity contribution in [3.8, 4) is 0 Å². The van der Waals surface area contributed by atoms with Crippen LogP contribution in [-0.2, 0) is 9.63 Å². The molecule has 0 heterocycles. The minimum Gasteiger partial charge on any atom is -0.481 e. The Morgan fingerprint density at radius 2 is 2.31 bits per heavy atom. The smallest absolute Gasteiger partial charge is 0.311 e. The van der Waals surface area contributed by atoms with E-state index in [2.05, 4.69) is 5.48 Å². The van der Waals surface area contributed by atoms with Gasteiger partial charge in [-0.3, -0.25) is 15.1 Å². The summed E-state index contributed by atoms with van der Waals surface area (Å²) in [7, 11) is 0. The van der Waals surface area contributed by atoms with Crippen molar-refractivity contribution in [2.75, 3.05) is 6.61 Å². The highest BCUT2D eigenvalue weighted by Crippen LogP contribution is 2.57. The first-order valence-electron chi connectivity index (χ1n) is 5.84. The number of aliphatic carboxylic acids is 1. The molecule has 0 spiro atoms. The Kier molecular flexibility index (Phi) is 2.93. The second-order valence-electron chi connectivity index (χ2n) is 5.32. The van der Waals surface area contributed by atoms with Gasteiger partial charge in [-0.2, -0.15) is 0 Å². The van der Waals surface area contributed by atoms with Gasteiger partial charge >= 0.3 is 5.97 Å². The predicted octanol–water partition coefficient (Wildman–Crippen LogP) is 1.93. The summed E-state index contributed by atoms with van der Waals surface area (Å²) < 4.78 is 0. The molecule has 0 aromatic rings. The first-order chi connectivity index (χ1) is 7.53. The molecule has 2 aliphatic rings. The Morgan fingerprint density at radius 3 is 2.75 bits per heavy atom. The van der Waals surface area contributed by atoms with Crippen LogP contribution in [0.1, 0.15) is 33.1 Å². The topological polar surface area (TPSA) is 58.6 Å². The number of carboxylic acid groups (broad SMARTS) is 1. The fourth-order valence-electron chi connectivity index (χ4n) is 2.22. The minimum atomic E-state index is -0.753. The number of carboxylic acids is 1. The van der Waals surface area contributed by atoms with Crippen LogP contribution in [0.4, 0.5) is 0 Å². The minimum absolute atomic E-state index is 0.224. The highest BCUT2D eigenvalue weighted by molar-refractivity contribution is 5.82. The third-order valence-electron chi connectivity index (χ3n) is 3.78. The number of carbonyl (C=O) groups is 1. The van der Waals surface area contributed by atoms with Gasteiger partial charge in [0.1, 0.15) is 0 Å². The van der Waals surface area contributed by atoms with Crippen LogP contribution in [-0.4, -0.2) is 17.7 Å². The van der Waals surface area contributed by atoms with E-state index in [1.54, 1.807) is 6.20 Å². The molecule has 2 saturated carbocycles. The molecule has 0 aromatic heterocycles. The highest BCUT2D eigenvalue weighted by Gasteiger charge is 2.57. The molecule has 0 aliphatic heterocycles. The molecule has 4 nitrogen and oxygen atoms in total. The van der Waals surface area contributed by atoms with Crippen molar-refractivity contribution in [1.82, 2.24) is 5.48 Å². The fraction of sp³-hybridized carbons (Fsp3) is 0.750. The van der Waals surface area contributed by atoms with Crippen molar-refractivity contribution in [2.45, 2.75) is 33.1 Å². The van der Waals surface area contributed by atoms with E-state index in [9.17, 15) is 4.79 Å². The van der Waals surface area contributed by atoms with Crippen LogP contribution >= 0.6 is 0 Å². The van der Waals surface area contributed by atoms with Crippen molar-refractivity contribution >= 4 is 5.97 Å². The molecule has 1 unspecified atom stereocenters. The van der Waals surface area contributed by atoms with Gasteiger partial charge in [0.15, 0.2) is 0 Å². The maximum Gasteiger partial charge on any atom is 0.311 e. The number of nitrogens with one attached hydrogen (secondary N) is 1. The first kappa shape index (κ1) is 11.5. The van der Waals surface area contributed by atoms with E-state index in [1.165, 1.54) is 19.3 Å². The highest BCUT2D eigenvalue weighted by atomic mass is 16.6. The second-order valence-corrected chi connectivity index (χ2v) is 5.32. The Labute approximate surface area is 95.6 Å². The molecule has 4 heteroatoms. The van der Waals surface area contributed by atoms with Crippen molar-refractivity contribution in [2.24, 2.45) is 17.3 Å². The molecular weight excluding hydrogens is 206 g/mol. The van der Waals surface area contributed by atoms with E-state index in [1.807, 2.05) is 13.8 Å². The van der Waals surface area contributed by atoms with E-state index >= 15 is 0 Å². The summed E-state index contributed by atoms with van der Waals surface area (Å²) in [6.45, 7) is 4.60. The van der Waals surface area contributed by atoms with Crippen LogP contribution in [0.5, 0.6) is 0 Å². The summed E-state index contributed by atoms with van der Waals surface area (Å²) >= 11 is 0. The van der Waals surface area contributed by atoms with Gasteiger partial charge in [0.2, 0.25) is 0 Å². The summed E-state index contributed by atoms with van der Waals surface area (Å²) in [5.74, 6) is -0.419. The predicted molar refractivity (Wildman–Crippen MR) is 59.4 cm³/mol. The molecule has 0 aromatic carbocycles. The monoisotopic (exact) mass is 225 g/mol. The molecule has 1 atom stereocenters. The molecular formula is C12H19NO3. The van der Waals surface area contributed by atoms with Crippen molar-refractivity contribution in [3.63, 3.8) is 0 Å². The van der Waals surface area contributed by atoms with Crippen molar-refractivity contribution < 1.29 is 14.7 Å². The van der Waals surface area contributed by atoms with Gasteiger partial charge in [-0.15, -0.1) is 0 Å². The van der Waals surface area contributed by atoms with E-state index in [4.69, 9.17) is 9.94 Å². The zero-order chi connectivity index (χ0) is 11.8. The van der Waals surface area contributed by atoms with Gasteiger partial charge < -0.3 is 5.11 Å². The molecule has 0 saturated heterocycles. The van der Waals surface area contributed by atoms with E-state index in [-0.39, 0.29) is 11.3 Å². The zero-order valence-corrected chi connectivity index (χ0v) is 9.82. The fourth-order valence-corrected chi connectivity index (χ4v) is 2.22. The van der Waals surface area contributed by atoms with E-state index in [0.29, 0.717) is 5.92 Å². The lowest BCUT2D eigenvalue weighted by Gasteiger charge is -2.24. The molecule has 2 N–H and O–H groups in total. The maximum atomic E-state index is 10.9. The van der Waals surface area contributed by atoms with Crippen LogP contribution in [0.15, 0.2) is 11.8 Å². The van der Waals surface area contributed by atoms with Gasteiger partial charge in [-0.25, -0.2) is 0 Å². The Bertz CT molecular complexity index is 318. The van der Waals surface area contributed by atoms with Gasteiger partial charge in [0.05, 0.1) is 12.5 Å². The number of rotatable bonds is 5. The molecule has 16 heavy (non-hydrogen) atoms. The zero-order valence-electron chi connectivity index (χ0n) is 9.82. The van der Waals surface area contributed by atoms with Crippen molar-refractivity contribution in [1.29, 1.82) is 0 Å². The summed E-state index contributed by atoms with van der Waals surface area (Å²) in [4.78, 5) is 16.2. The SMILES string of the molecule is CC1(C)C(=CNOCC2CCC2)C1C(=O)O. The largest absolute Gasteiger partial charge is 0.481 e. The quantitative estimate of drug-likeness (QED) is 0.554. The standard InChI is InChI=1S/C12H19NO3/c1-12(2)9(10(12)11(14)15)6-13-16-7-8-4-3-5-8/h6,8,10,13H,3-5,7H2,1-2H3,(H,14,15). The van der Waals surface area contributed by atoms with Gasteiger partial charge in [-0.05, 0) is 24.3 Å². The average Bonchev–Trinajstić information content (AvgIpc) is 2.65. The third kappa shape index (κ3) is 2.07. The van der Waals surface area contributed by atoms with Gasteiger partial charge in [0.25, 0.3) is 0 Å². The third-order valence-corrected chi connectivity index (χ3v) is 3.78. The summed E-state index contributed by atoms with van der Waals surface area (Å²) in [5, 5.41) is 8.94. The lowest BCUT2D eigenvalue weighted by Crippen LogP contribution is -2.21. The molecule has 0 amide bonds. The van der Waals surface area contributed by atoms with Crippen molar-refractivity contribution in [3.05, 3.63) is 11.8 Å². The first-order valence-corrected chi connectivity index (χ1v) is 5.84. The average molecular weight is 225 g/mol. The molecule has 0 bridgehead atoms. The van der Waals surface area contributed by atoms with Crippen LogP contribution < -0.4 is 5.48 Å². The second kappa shape index (κ2) is 4.09. The number of hydrogen-bond donors (Lipinski definition) is 2. The Balaban J connectivity index is 1.73. The molecule has 90 valence electrons. The maximum absolute atomic E-state index is 10.9. The summed E-state index contributed by atoms with van der Waals surface area (Å²) in [5.41, 5.74) is 3.45. The lowest BCUT2D eigenvalue weighted by atomic mass is 9.86. The van der Waals surface area contributed by atoms with Crippen LogP contribution in [0.25, 0.3) is 0 Å².